The van der Waals surface area contributed by atoms with Gasteiger partial charge < -0.3 is 0 Å². The summed E-state index contributed by atoms with van der Waals surface area (Å²) < 4.78 is 0. The van der Waals surface area contributed by atoms with Crippen molar-refractivity contribution < 1.29 is 0 Å². The molecule has 4 rings (SSSR count). The Morgan fingerprint density at radius 2 is 1.50 bits per heavy atom. The molecule has 0 unspecified atom stereocenters. The Kier molecular flexibility index (Phi) is 4.90. The van der Waals surface area contributed by atoms with Crippen LogP contribution in [0.1, 0.15) is 5.56 Å². The summed E-state index contributed by atoms with van der Waals surface area (Å²) in [4.78, 5) is 5.72. The number of aromatic nitrogens is 1. The lowest BCUT2D eigenvalue weighted by atomic mass is 10.0. The molecule has 4 aromatic rings. The van der Waals surface area contributed by atoms with Crippen molar-refractivity contribution in [3.63, 3.8) is 0 Å². The molecule has 1 heterocycles. The number of benzene rings is 3. The van der Waals surface area contributed by atoms with E-state index in [0.717, 1.165) is 32.0 Å². The average Bonchev–Trinajstić information content (AvgIpc) is 2.65. The summed E-state index contributed by atoms with van der Waals surface area (Å²) in [6.07, 6.45) is 0. The molecule has 0 amide bonds. The standard InChI is InChI=1S/C22H15Cl2NS/c1-14-9-11-15(12-10-14)17-13-16-5-2-3-8-20(16)25-22(17)26-21-18(23)6-4-7-19(21)24/h2-13H,1H3. The van der Waals surface area contributed by atoms with E-state index >= 15 is 0 Å². The topological polar surface area (TPSA) is 12.9 Å². The first kappa shape index (κ1) is 17.4. The molecule has 0 atom stereocenters. The van der Waals surface area contributed by atoms with Crippen LogP contribution in [0.4, 0.5) is 0 Å². The number of aryl methyl sites for hydroxylation is 1. The molecule has 0 aliphatic rings. The second-order valence-corrected chi connectivity index (χ2v) is 7.87. The van der Waals surface area contributed by atoms with E-state index in [1.165, 1.54) is 17.3 Å². The number of hydrogen-bond donors (Lipinski definition) is 0. The molecule has 1 aromatic heterocycles. The zero-order chi connectivity index (χ0) is 18.1. The van der Waals surface area contributed by atoms with Crippen LogP contribution in [-0.4, -0.2) is 4.98 Å². The van der Waals surface area contributed by atoms with Crippen LogP contribution in [0.5, 0.6) is 0 Å². The molecule has 0 spiro atoms. The van der Waals surface area contributed by atoms with Crippen molar-refractivity contribution in [2.75, 3.05) is 0 Å². The van der Waals surface area contributed by atoms with Crippen LogP contribution in [-0.2, 0) is 0 Å². The van der Waals surface area contributed by atoms with Gasteiger partial charge in [-0.05, 0) is 36.8 Å². The van der Waals surface area contributed by atoms with Crippen molar-refractivity contribution in [2.24, 2.45) is 0 Å². The lowest BCUT2D eigenvalue weighted by molar-refractivity contribution is 1.19. The first-order valence-corrected chi connectivity index (χ1v) is 9.78. The molecule has 0 aliphatic carbocycles. The van der Waals surface area contributed by atoms with Gasteiger partial charge in [-0.25, -0.2) is 4.98 Å². The number of para-hydroxylation sites is 1. The zero-order valence-electron chi connectivity index (χ0n) is 14.0. The van der Waals surface area contributed by atoms with E-state index in [0.29, 0.717) is 10.0 Å². The largest absolute Gasteiger partial charge is 0.240 e. The molecule has 128 valence electrons. The smallest absolute Gasteiger partial charge is 0.109 e. The highest BCUT2D eigenvalue weighted by molar-refractivity contribution is 7.99. The molecule has 0 N–H and O–H groups in total. The summed E-state index contributed by atoms with van der Waals surface area (Å²) in [5, 5.41) is 3.26. The van der Waals surface area contributed by atoms with E-state index in [-0.39, 0.29) is 0 Å². The molecule has 0 saturated carbocycles. The molecule has 0 aliphatic heterocycles. The van der Waals surface area contributed by atoms with E-state index < -0.39 is 0 Å². The second kappa shape index (κ2) is 7.32. The monoisotopic (exact) mass is 395 g/mol. The van der Waals surface area contributed by atoms with Gasteiger partial charge in [0.2, 0.25) is 0 Å². The molecule has 26 heavy (non-hydrogen) atoms. The van der Waals surface area contributed by atoms with Gasteiger partial charge in [0.05, 0.1) is 20.5 Å². The van der Waals surface area contributed by atoms with Gasteiger partial charge in [0, 0.05) is 10.9 Å². The lowest BCUT2D eigenvalue weighted by Gasteiger charge is -2.13. The van der Waals surface area contributed by atoms with E-state index in [1.807, 2.05) is 36.4 Å². The fraction of sp³-hybridized carbons (Fsp3) is 0.0455. The molecule has 0 radical (unpaired) electrons. The van der Waals surface area contributed by atoms with Crippen molar-refractivity contribution in [3.05, 3.63) is 88.4 Å². The van der Waals surface area contributed by atoms with Gasteiger partial charge in [0.25, 0.3) is 0 Å². The van der Waals surface area contributed by atoms with Gasteiger partial charge in [-0.3, -0.25) is 0 Å². The molecule has 1 nitrogen and oxygen atoms in total. The summed E-state index contributed by atoms with van der Waals surface area (Å²) in [5.74, 6) is 0. The molecule has 0 fully saturated rings. The summed E-state index contributed by atoms with van der Waals surface area (Å²) in [5.41, 5.74) is 4.38. The van der Waals surface area contributed by atoms with Crippen molar-refractivity contribution in [2.45, 2.75) is 16.8 Å². The number of halogens is 2. The van der Waals surface area contributed by atoms with Gasteiger partial charge in [-0.15, -0.1) is 0 Å². The number of hydrogen-bond acceptors (Lipinski definition) is 2. The first-order chi connectivity index (χ1) is 12.6. The van der Waals surface area contributed by atoms with Crippen LogP contribution in [0.25, 0.3) is 22.0 Å². The maximum Gasteiger partial charge on any atom is 0.109 e. The van der Waals surface area contributed by atoms with E-state index in [2.05, 4.69) is 43.3 Å². The number of pyridine rings is 1. The highest BCUT2D eigenvalue weighted by atomic mass is 35.5. The quantitative estimate of drug-likeness (QED) is 0.352. The third-order valence-electron chi connectivity index (χ3n) is 4.17. The van der Waals surface area contributed by atoms with Gasteiger partial charge in [0.1, 0.15) is 5.03 Å². The second-order valence-electron chi connectivity index (χ2n) is 6.05. The molecule has 0 bridgehead atoms. The third kappa shape index (κ3) is 3.45. The van der Waals surface area contributed by atoms with Crippen molar-refractivity contribution in [1.29, 1.82) is 0 Å². The molecular formula is C22H15Cl2NS. The van der Waals surface area contributed by atoms with Crippen molar-refractivity contribution in [1.82, 2.24) is 4.98 Å². The van der Waals surface area contributed by atoms with Gasteiger partial charge in [-0.1, -0.05) is 89.1 Å². The Labute approximate surface area is 167 Å². The van der Waals surface area contributed by atoms with Gasteiger partial charge >= 0.3 is 0 Å². The minimum absolute atomic E-state index is 0.632. The number of rotatable bonds is 3. The molecular weight excluding hydrogens is 381 g/mol. The van der Waals surface area contributed by atoms with Crippen molar-refractivity contribution in [3.8, 4) is 11.1 Å². The number of nitrogens with zero attached hydrogens (tertiary/aromatic N) is 1. The predicted octanol–water partition coefficient (Wildman–Crippen LogP) is 7.67. The van der Waals surface area contributed by atoms with Crippen LogP contribution in [0, 0.1) is 6.92 Å². The van der Waals surface area contributed by atoms with Gasteiger partial charge in [-0.2, -0.15) is 0 Å². The SMILES string of the molecule is Cc1ccc(-c2cc3ccccc3nc2Sc2c(Cl)cccc2Cl)cc1. The Morgan fingerprint density at radius 1 is 0.808 bits per heavy atom. The Bertz CT molecular complexity index is 1070. The van der Waals surface area contributed by atoms with Crippen LogP contribution < -0.4 is 0 Å². The number of fused-ring (bicyclic) bond motifs is 1. The van der Waals surface area contributed by atoms with Crippen molar-refractivity contribution >= 4 is 45.9 Å². The summed E-state index contributed by atoms with van der Waals surface area (Å²) >= 11 is 14.3. The Balaban J connectivity index is 1.91. The fourth-order valence-electron chi connectivity index (χ4n) is 2.79. The Morgan fingerprint density at radius 3 is 2.23 bits per heavy atom. The average molecular weight is 396 g/mol. The van der Waals surface area contributed by atoms with E-state index in [4.69, 9.17) is 28.2 Å². The first-order valence-electron chi connectivity index (χ1n) is 8.20. The third-order valence-corrected chi connectivity index (χ3v) is 6.17. The molecule has 4 heteroatoms. The minimum atomic E-state index is 0.632. The van der Waals surface area contributed by atoms with Crippen LogP contribution >= 0.6 is 35.0 Å². The minimum Gasteiger partial charge on any atom is -0.240 e. The highest BCUT2D eigenvalue weighted by Crippen LogP contribution is 2.42. The predicted molar refractivity (Wildman–Crippen MR) is 113 cm³/mol. The molecule has 0 saturated heterocycles. The maximum atomic E-state index is 6.38. The van der Waals surface area contributed by atoms with Crippen LogP contribution in [0.15, 0.2) is 82.7 Å². The van der Waals surface area contributed by atoms with Crippen LogP contribution in [0.2, 0.25) is 10.0 Å². The zero-order valence-corrected chi connectivity index (χ0v) is 16.4. The highest BCUT2D eigenvalue weighted by Gasteiger charge is 2.14. The molecule has 3 aromatic carbocycles. The fourth-order valence-corrected chi connectivity index (χ4v) is 4.38. The normalized spacial score (nSPS) is 11.0. The van der Waals surface area contributed by atoms with Gasteiger partial charge in [0.15, 0.2) is 0 Å². The maximum absolute atomic E-state index is 6.38. The lowest BCUT2D eigenvalue weighted by Crippen LogP contribution is -1.90. The summed E-state index contributed by atoms with van der Waals surface area (Å²) in [6.45, 7) is 2.08. The van der Waals surface area contributed by atoms with Crippen LogP contribution in [0.3, 0.4) is 0 Å². The summed E-state index contributed by atoms with van der Waals surface area (Å²) in [6, 6.07) is 24.3. The van der Waals surface area contributed by atoms with E-state index in [1.54, 1.807) is 0 Å². The van der Waals surface area contributed by atoms with E-state index in [9.17, 15) is 0 Å². The summed E-state index contributed by atoms with van der Waals surface area (Å²) in [7, 11) is 0. The Hall–Kier alpha value is -2.00.